The molecule has 3 heteroatoms. The minimum atomic E-state index is -0.426. The van der Waals surface area contributed by atoms with Crippen molar-refractivity contribution in [1.82, 2.24) is 0 Å². The number of hydrogen-bond acceptors (Lipinski definition) is 3. The van der Waals surface area contributed by atoms with Gasteiger partial charge in [-0.3, -0.25) is 4.79 Å². The van der Waals surface area contributed by atoms with Gasteiger partial charge < -0.3 is 10.5 Å². The Hall–Kier alpha value is -0.570. The average molecular weight is 159 g/mol. The fourth-order valence-electron chi connectivity index (χ4n) is 0.789. The lowest BCUT2D eigenvalue weighted by Gasteiger charge is -2.20. The monoisotopic (exact) mass is 159 g/mol. The van der Waals surface area contributed by atoms with E-state index in [1.54, 1.807) is 6.92 Å². The summed E-state index contributed by atoms with van der Waals surface area (Å²) >= 11 is 0. The van der Waals surface area contributed by atoms with Crippen LogP contribution >= 0.6 is 0 Å². The zero-order valence-electron chi connectivity index (χ0n) is 7.52. The molecule has 0 aliphatic heterocycles. The van der Waals surface area contributed by atoms with E-state index in [1.807, 2.05) is 13.8 Å². The highest BCUT2D eigenvalue weighted by Gasteiger charge is 2.27. The molecule has 0 aliphatic rings. The van der Waals surface area contributed by atoms with E-state index in [4.69, 9.17) is 10.5 Å². The van der Waals surface area contributed by atoms with Gasteiger partial charge in [-0.2, -0.15) is 0 Å². The van der Waals surface area contributed by atoms with Gasteiger partial charge in [-0.05, 0) is 33.7 Å². The summed E-state index contributed by atoms with van der Waals surface area (Å²) in [5, 5.41) is 0. The van der Waals surface area contributed by atoms with E-state index in [9.17, 15) is 4.79 Å². The summed E-state index contributed by atoms with van der Waals surface area (Å²) in [6.07, 6.45) is 0.672. The van der Waals surface area contributed by atoms with Crippen LogP contribution in [0.15, 0.2) is 0 Å². The van der Waals surface area contributed by atoms with Crippen LogP contribution in [0.2, 0.25) is 0 Å². The molecule has 0 rings (SSSR count). The van der Waals surface area contributed by atoms with Crippen molar-refractivity contribution in [2.24, 2.45) is 11.1 Å². The van der Waals surface area contributed by atoms with Gasteiger partial charge in [0.2, 0.25) is 0 Å². The average Bonchev–Trinajstić information content (AvgIpc) is 1.88. The molecule has 0 aliphatic carbocycles. The van der Waals surface area contributed by atoms with Crippen LogP contribution in [-0.4, -0.2) is 19.1 Å². The number of carbonyl (C=O) groups is 1. The Balaban J connectivity index is 3.94. The molecular weight excluding hydrogens is 142 g/mol. The molecule has 2 N–H and O–H groups in total. The van der Waals surface area contributed by atoms with Crippen LogP contribution in [0.3, 0.4) is 0 Å². The van der Waals surface area contributed by atoms with Crippen LogP contribution in [-0.2, 0) is 9.53 Å². The van der Waals surface area contributed by atoms with Gasteiger partial charge in [-0.15, -0.1) is 0 Å². The molecule has 0 aromatic heterocycles. The molecule has 0 spiro atoms. The standard InChI is InChI=1S/C8H17NO2/c1-4-11-7(10)8(2,3)5-6-9/h4-6,9H2,1-3H3. The third-order valence-electron chi connectivity index (χ3n) is 1.60. The molecule has 0 fully saturated rings. The lowest BCUT2D eigenvalue weighted by atomic mass is 9.90. The number of ether oxygens (including phenoxy) is 1. The molecule has 0 heterocycles. The molecule has 0 aromatic carbocycles. The fourth-order valence-corrected chi connectivity index (χ4v) is 0.789. The molecule has 0 bridgehead atoms. The van der Waals surface area contributed by atoms with E-state index < -0.39 is 5.41 Å². The quantitative estimate of drug-likeness (QED) is 0.621. The lowest BCUT2D eigenvalue weighted by Crippen LogP contribution is -2.29. The Morgan fingerprint density at radius 2 is 2.09 bits per heavy atom. The molecule has 0 saturated heterocycles. The molecular formula is C8H17NO2. The van der Waals surface area contributed by atoms with Crippen molar-refractivity contribution in [3.63, 3.8) is 0 Å². The molecule has 0 amide bonds. The number of nitrogens with two attached hydrogens (primary N) is 1. The van der Waals surface area contributed by atoms with Gasteiger partial charge in [0.25, 0.3) is 0 Å². The van der Waals surface area contributed by atoms with Crippen molar-refractivity contribution in [1.29, 1.82) is 0 Å². The van der Waals surface area contributed by atoms with Crippen LogP contribution in [0.25, 0.3) is 0 Å². The number of hydrogen-bond donors (Lipinski definition) is 1. The second-order valence-electron chi connectivity index (χ2n) is 3.14. The fraction of sp³-hybridized carbons (Fsp3) is 0.875. The smallest absolute Gasteiger partial charge is 0.311 e. The van der Waals surface area contributed by atoms with Gasteiger partial charge in [0.15, 0.2) is 0 Å². The van der Waals surface area contributed by atoms with Crippen LogP contribution in [0, 0.1) is 5.41 Å². The largest absolute Gasteiger partial charge is 0.466 e. The van der Waals surface area contributed by atoms with Gasteiger partial charge in [-0.1, -0.05) is 0 Å². The van der Waals surface area contributed by atoms with Gasteiger partial charge in [0, 0.05) is 0 Å². The zero-order valence-corrected chi connectivity index (χ0v) is 7.52. The molecule has 11 heavy (non-hydrogen) atoms. The Labute approximate surface area is 67.9 Å². The Morgan fingerprint density at radius 3 is 2.45 bits per heavy atom. The predicted octanol–water partition coefficient (Wildman–Crippen LogP) is 0.924. The second-order valence-corrected chi connectivity index (χ2v) is 3.14. The van der Waals surface area contributed by atoms with E-state index in [1.165, 1.54) is 0 Å². The SMILES string of the molecule is CCOC(=O)C(C)(C)CCN. The normalized spacial score (nSPS) is 11.3. The van der Waals surface area contributed by atoms with Crippen LogP contribution in [0.1, 0.15) is 27.2 Å². The Bertz CT molecular complexity index is 132. The third-order valence-corrected chi connectivity index (χ3v) is 1.60. The first-order valence-corrected chi connectivity index (χ1v) is 3.92. The van der Waals surface area contributed by atoms with Crippen molar-refractivity contribution in [3.8, 4) is 0 Å². The van der Waals surface area contributed by atoms with Crippen molar-refractivity contribution in [2.75, 3.05) is 13.2 Å². The summed E-state index contributed by atoms with van der Waals surface area (Å²) in [7, 11) is 0. The maximum atomic E-state index is 11.2. The Kier molecular flexibility index (Phi) is 4.11. The minimum absolute atomic E-state index is 0.162. The first-order chi connectivity index (χ1) is 5.04. The molecule has 0 radical (unpaired) electrons. The topological polar surface area (TPSA) is 52.3 Å². The summed E-state index contributed by atoms with van der Waals surface area (Å²) in [5.41, 5.74) is 4.91. The van der Waals surface area contributed by atoms with Crippen molar-refractivity contribution >= 4 is 5.97 Å². The van der Waals surface area contributed by atoms with E-state index in [-0.39, 0.29) is 5.97 Å². The lowest BCUT2D eigenvalue weighted by molar-refractivity contribution is -0.153. The van der Waals surface area contributed by atoms with Gasteiger partial charge in [-0.25, -0.2) is 0 Å². The summed E-state index contributed by atoms with van der Waals surface area (Å²) in [6, 6.07) is 0. The first kappa shape index (κ1) is 10.4. The van der Waals surface area contributed by atoms with Gasteiger partial charge in [0.05, 0.1) is 12.0 Å². The van der Waals surface area contributed by atoms with Crippen molar-refractivity contribution in [2.45, 2.75) is 27.2 Å². The Morgan fingerprint density at radius 1 is 1.55 bits per heavy atom. The highest BCUT2D eigenvalue weighted by molar-refractivity contribution is 5.75. The molecule has 66 valence electrons. The number of esters is 1. The van der Waals surface area contributed by atoms with Crippen molar-refractivity contribution < 1.29 is 9.53 Å². The van der Waals surface area contributed by atoms with Gasteiger partial charge in [0.1, 0.15) is 0 Å². The summed E-state index contributed by atoms with van der Waals surface area (Å²) in [4.78, 5) is 11.2. The van der Waals surface area contributed by atoms with Crippen molar-refractivity contribution in [3.05, 3.63) is 0 Å². The minimum Gasteiger partial charge on any atom is -0.466 e. The van der Waals surface area contributed by atoms with Gasteiger partial charge >= 0.3 is 5.97 Å². The van der Waals surface area contributed by atoms with Crippen LogP contribution in [0.5, 0.6) is 0 Å². The molecule has 0 saturated carbocycles. The number of carbonyl (C=O) groups excluding carboxylic acids is 1. The third kappa shape index (κ3) is 3.37. The molecule has 0 aromatic rings. The molecule has 0 unspecified atom stereocenters. The van der Waals surface area contributed by atoms with E-state index in [0.29, 0.717) is 19.6 Å². The number of rotatable bonds is 4. The first-order valence-electron chi connectivity index (χ1n) is 3.92. The van der Waals surface area contributed by atoms with Crippen LogP contribution in [0.4, 0.5) is 0 Å². The maximum Gasteiger partial charge on any atom is 0.311 e. The van der Waals surface area contributed by atoms with E-state index in [2.05, 4.69) is 0 Å². The summed E-state index contributed by atoms with van der Waals surface area (Å²) in [6.45, 7) is 6.45. The second kappa shape index (κ2) is 4.34. The highest BCUT2D eigenvalue weighted by Crippen LogP contribution is 2.20. The maximum absolute atomic E-state index is 11.2. The van der Waals surface area contributed by atoms with Crippen LogP contribution < -0.4 is 5.73 Å². The summed E-state index contributed by atoms with van der Waals surface area (Å²) in [5.74, 6) is -0.162. The van der Waals surface area contributed by atoms with E-state index in [0.717, 1.165) is 0 Å². The summed E-state index contributed by atoms with van der Waals surface area (Å²) < 4.78 is 4.86. The van der Waals surface area contributed by atoms with E-state index >= 15 is 0 Å². The molecule has 3 nitrogen and oxygen atoms in total. The molecule has 0 atom stereocenters. The predicted molar refractivity (Wildman–Crippen MR) is 44.1 cm³/mol. The highest BCUT2D eigenvalue weighted by atomic mass is 16.5. The zero-order chi connectivity index (χ0) is 8.91.